The largest absolute Gasteiger partial charge is 0.369 e. The standard InChI is InChI=1S/C24H45N7O4.C20H38N6O3/c1-8-23(6,21(35)30-17(2)3)16-24(7,15-22(4,5)19(25)33)20(34)28-13-11-9-10-12-27-18(32)14-29-31-26;1-7-20(6,18(29)25-15(2)3)14-19(4,5)17(28)23-12-10-8-9-11-22-16(27)13-24-26-21/h17H,8-16H2,1-7H3,(H2,25,33)(H,27,32)(H,28,34)(H,30,35);15H,7-14H2,1-6H3,(H,22,27)(H,23,28)(H,25,29). The highest BCUT2D eigenvalue weighted by molar-refractivity contribution is 5.88. The molecule has 64 heavy (non-hydrogen) atoms. The topological polar surface area (TPSA) is 315 Å². The first-order valence-corrected chi connectivity index (χ1v) is 22.7. The van der Waals surface area contributed by atoms with E-state index in [-0.39, 0.29) is 73.5 Å². The number of hydrogen-bond donors (Lipinski definition) is 7. The van der Waals surface area contributed by atoms with E-state index in [4.69, 9.17) is 16.8 Å². The van der Waals surface area contributed by atoms with Crippen LogP contribution in [-0.4, -0.2) is 92.7 Å². The van der Waals surface area contributed by atoms with E-state index in [0.29, 0.717) is 58.3 Å². The summed E-state index contributed by atoms with van der Waals surface area (Å²) in [6.45, 7) is 25.8. The Balaban J connectivity index is 0. The fourth-order valence-electron chi connectivity index (χ4n) is 7.28. The first kappa shape index (κ1) is 61.0. The van der Waals surface area contributed by atoms with Crippen LogP contribution >= 0.6 is 0 Å². The second-order valence-electron chi connectivity index (χ2n) is 19.4. The summed E-state index contributed by atoms with van der Waals surface area (Å²) < 4.78 is 0. The fourth-order valence-corrected chi connectivity index (χ4v) is 7.28. The average Bonchev–Trinajstić information content (AvgIpc) is 3.20. The molecule has 0 spiro atoms. The van der Waals surface area contributed by atoms with Gasteiger partial charge in [0.15, 0.2) is 0 Å². The van der Waals surface area contributed by atoms with Crippen molar-refractivity contribution in [1.82, 2.24) is 31.9 Å². The first-order valence-electron chi connectivity index (χ1n) is 22.7. The minimum absolute atomic E-state index is 0.0154. The maximum Gasteiger partial charge on any atom is 0.226 e. The number of carbonyl (C=O) groups excluding carboxylic acids is 7. The Hall–Kier alpha value is -5.09. The molecule has 0 aromatic rings. The highest BCUT2D eigenvalue weighted by atomic mass is 16.2. The Morgan fingerprint density at radius 2 is 0.844 bits per heavy atom. The van der Waals surface area contributed by atoms with Crippen LogP contribution in [-0.2, 0) is 33.6 Å². The number of nitrogens with zero attached hydrogens (tertiary/aromatic N) is 6. The monoisotopic (exact) mass is 906 g/mol. The third-order valence-electron chi connectivity index (χ3n) is 11.2. The second kappa shape index (κ2) is 30.1. The molecular weight excluding hydrogens is 823 g/mol. The van der Waals surface area contributed by atoms with Crippen LogP contribution < -0.4 is 37.6 Å². The molecule has 0 saturated heterocycles. The van der Waals surface area contributed by atoms with Gasteiger partial charge in [0.1, 0.15) is 13.1 Å². The first-order chi connectivity index (χ1) is 29.6. The highest BCUT2D eigenvalue weighted by Gasteiger charge is 2.47. The number of carbonyl (C=O) groups is 7. The lowest BCUT2D eigenvalue weighted by atomic mass is 9.64. The van der Waals surface area contributed by atoms with Crippen LogP contribution in [0, 0.1) is 27.1 Å². The molecule has 0 rings (SSSR count). The predicted octanol–water partition coefficient (Wildman–Crippen LogP) is 5.99. The third kappa shape index (κ3) is 24.7. The molecule has 3 unspecified atom stereocenters. The van der Waals surface area contributed by atoms with E-state index in [9.17, 15) is 33.6 Å². The zero-order valence-electron chi connectivity index (χ0n) is 41.3. The molecular formula is C44H83N13O7. The molecule has 0 saturated carbocycles. The van der Waals surface area contributed by atoms with Crippen molar-refractivity contribution in [2.75, 3.05) is 39.3 Å². The number of nitrogens with two attached hydrogens (primary N) is 1. The summed E-state index contributed by atoms with van der Waals surface area (Å²) in [6, 6.07) is 0.0357. The molecule has 0 aromatic carbocycles. The quantitative estimate of drug-likeness (QED) is 0.0188. The summed E-state index contributed by atoms with van der Waals surface area (Å²) in [5.41, 5.74) is 18.0. The Morgan fingerprint density at radius 3 is 1.19 bits per heavy atom. The van der Waals surface area contributed by atoms with Crippen LogP contribution in [0.15, 0.2) is 10.2 Å². The van der Waals surface area contributed by atoms with Gasteiger partial charge in [0.2, 0.25) is 41.4 Å². The summed E-state index contributed by atoms with van der Waals surface area (Å²) in [4.78, 5) is 91.4. The SMILES string of the molecule is CCC(C)(CC(C)(C)C(=O)NCCCCCNC(=O)CN=[N+]=[N-])C(=O)NC(C)C.CCC(C)(CC(C)(CC(C)(C)C(N)=O)C(=O)NCCCCCNC(=O)CN=[N+]=[N-])C(=O)NC(C)C. The van der Waals surface area contributed by atoms with Crippen LogP contribution in [0.3, 0.4) is 0 Å². The lowest BCUT2D eigenvalue weighted by molar-refractivity contribution is -0.141. The number of nitrogens with one attached hydrogen (secondary N) is 6. The summed E-state index contributed by atoms with van der Waals surface area (Å²) in [6.07, 6.45) is 6.78. The predicted molar refractivity (Wildman–Crippen MR) is 250 cm³/mol. The lowest BCUT2D eigenvalue weighted by Crippen LogP contribution is -2.50. The van der Waals surface area contributed by atoms with Crippen LogP contribution in [0.4, 0.5) is 0 Å². The van der Waals surface area contributed by atoms with E-state index in [1.807, 2.05) is 69.2 Å². The molecule has 0 aliphatic carbocycles. The fraction of sp³-hybridized carbons (Fsp3) is 0.841. The average molecular weight is 906 g/mol. The van der Waals surface area contributed by atoms with Crippen molar-refractivity contribution in [1.29, 1.82) is 0 Å². The van der Waals surface area contributed by atoms with Gasteiger partial charge in [-0.05, 0) is 109 Å². The van der Waals surface area contributed by atoms with Crippen molar-refractivity contribution >= 4 is 41.4 Å². The molecule has 0 aliphatic rings. The number of azide groups is 2. The zero-order chi connectivity index (χ0) is 49.8. The molecule has 366 valence electrons. The molecule has 0 heterocycles. The van der Waals surface area contributed by atoms with Crippen LogP contribution in [0.1, 0.15) is 161 Å². The highest BCUT2D eigenvalue weighted by Crippen LogP contribution is 2.44. The Labute approximate surface area is 381 Å². The normalized spacial score (nSPS) is 14.0. The van der Waals surface area contributed by atoms with Gasteiger partial charge in [-0.25, -0.2) is 0 Å². The van der Waals surface area contributed by atoms with Gasteiger partial charge >= 0.3 is 0 Å². The molecule has 20 nitrogen and oxygen atoms in total. The number of unbranched alkanes of at least 4 members (excludes halogenated alkanes) is 4. The van der Waals surface area contributed by atoms with Gasteiger partial charge in [0.25, 0.3) is 0 Å². The third-order valence-corrected chi connectivity index (χ3v) is 11.2. The molecule has 7 amide bonds. The summed E-state index contributed by atoms with van der Waals surface area (Å²) in [7, 11) is 0. The van der Waals surface area contributed by atoms with Gasteiger partial charge in [0.05, 0.1) is 0 Å². The summed E-state index contributed by atoms with van der Waals surface area (Å²) in [5, 5.41) is 23.6. The summed E-state index contributed by atoms with van der Waals surface area (Å²) >= 11 is 0. The van der Waals surface area contributed by atoms with Gasteiger partial charge in [-0.3, -0.25) is 33.6 Å². The number of hydrogen-bond acceptors (Lipinski definition) is 9. The van der Waals surface area contributed by atoms with E-state index < -0.39 is 33.0 Å². The van der Waals surface area contributed by atoms with Crippen molar-refractivity contribution in [3.05, 3.63) is 20.9 Å². The second-order valence-corrected chi connectivity index (χ2v) is 19.4. The zero-order valence-corrected chi connectivity index (χ0v) is 41.3. The van der Waals surface area contributed by atoms with Gasteiger partial charge in [-0.1, -0.05) is 72.5 Å². The van der Waals surface area contributed by atoms with E-state index >= 15 is 0 Å². The molecule has 8 N–H and O–H groups in total. The molecule has 0 radical (unpaired) electrons. The van der Waals surface area contributed by atoms with Crippen LogP contribution in [0.5, 0.6) is 0 Å². The Kier molecular flexibility index (Phi) is 28.7. The lowest BCUT2D eigenvalue weighted by Gasteiger charge is -2.41. The van der Waals surface area contributed by atoms with Crippen LogP contribution in [0.2, 0.25) is 0 Å². The Bertz CT molecular complexity index is 1620. The summed E-state index contributed by atoms with van der Waals surface area (Å²) in [5.74, 6) is -1.53. The number of rotatable bonds is 31. The van der Waals surface area contributed by atoms with Crippen LogP contribution in [0.25, 0.3) is 20.9 Å². The number of primary amides is 1. The minimum atomic E-state index is -0.993. The van der Waals surface area contributed by atoms with Crippen molar-refractivity contribution < 1.29 is 33.6 Å². The maximum absolute atomic E-state index is 13.4. The van der Waals surface area contributed by atoms with Crippen molar-refractivity contribution in [3.63, 3.8) is 0 Å². The number of amides is 7. The minimum Gasteiger partial charge on any atom is -0.369 e. The van der Waals surface area contributed by atoms with Gasteiger partial charge in [0, 0.05) is 75.2 Å². The molecule has 20 heteroatoms. The van der Waals surface area contributed by atoms with E-state index in [1.165, 1.54) is 0 Å². The van der Waals surface area contributed by atoms with Gasteiger partial charge < -0.3 is 37.6 Å². The van der Waals surface area contributed by atoms with Gasteiger partial charge in [-0.2, -0.15) is 0 Å². The molecule has 3 atom stereocenters. The van der Waals surface area contributed by atoms with Crippen molar-refractivity contribution in [3.8, 4) is 0 Å². The molecule has 0 aromatic heterocycles. The van der Waals surface area contributed by atoms with E-state index in [0.717, 1.165) is 25.7 Å². The maximum atomic E-state index is 13.4. The van der Waals surface area contributed by atoms with E-state index in [1.54, 1.807) is 20.8 Å². The molecule has 0 aliphatic heterocycles. The van der Waals surface area contributed by atoms with E-state index in [2.05, 4.69) is 52.0 Å². The smallest absolute Gasteiger partial charge is 0.226 e. The van der Waals surface area contributed by atoms with Crippen molar-refractivity contribution in [2.45, 2.75) is 173 Å². The molecule has 0 fully saturated rings. The molecule has 0 bridgehead atoms. The van der Waals surface area contributed by atoms with Crippen molar-refractivity contribution in [2.24, 2.45) is 43.0 Å². The Morgan fingerprint density at radius 1 is 0.500 bits per heavy atom. The van der Waals surface area contributed by atoms with Gasteiger partial charge in [-0.15, -0.1) is 0 Å².